The van der Waals surface area contributed by atoms with Gasteiger partial charge in [0.15, 0.2) is 0 Å². The van der Waals surface area contributed by atoms with Gasteiger partial charge in [0.25, 0.3) is 0 Å². The lowest BCUT2D eigenvalue weighted by Gasteiger charge is -2.33. The van der Waals surface area contributed by atoms with Crippen LogP contribution >= 0.6 is 0 Å². The Balaban J connectivity index is 0.914. The highest BCUT2D eigenvalue weighted by atomic mass is 28.3. The molecule has 14 rings (SSSR count). The van der Waals surface area contributed by atoms with Crippen LogP contribution in [-0.4, -0.2) is 27.2 Å². The van der Waals surface area contributed by atoms with Crippen LogP contribution in [0.3, 0.4) is 0 Å². The van der Waals surface area contributed by atoms with Crippen molar-refractivity contribution in [1.82, 2.24) is 19.1 Å². The Hall–Kier alpha value is -10.2. The fraction of sp³-hybridized carbons (Fsp3) is 0. The molecule has 0 saturated carbocycles. The van der Waals surface area contributed by atoms with Crippen LogP contribution in [0.25, 0.3) is 55.0 Å². The maximum atomic E-state index is 14.7. The number of halogens is 2. The van der Waals surface area contributed by atoms with Gasteiger partial charge < -0.3 is 18.9 Å². The van der Waals surface area contributed by atoms with Gasteiger partial charge in [-0.2, -0.15) is 0 Å². The average molecular weight is 1040 g/mol. The van der Waals surface area contributed by atoms with Gasteiger partial charge in [0.05, 0.1) is 45.8 Å². The molecule has 0 spiro atoms. The summed E-state index contributed by atoms with van der Waals surface area (Å²) in [5, 5.41) is 8.47. The van der Waals surface area contributed by atoms with Gasteiger partial charge >= 0.3 is 0 Å². The van der Waals surface area contributed by atoms with E-state index >= 15 is 0 Å². The number of para-hydroxylation sites is 4. The van der Waals surface area contributed by atoms with Gasteiger partial charge in [0, 0.05) is 66.3 Å². The Bertz CT molecular complexity index is 4190. The summed E-state index contributed by atoms with van der Waals surface area (Å²) in [4.78, 5) is 15.3. The van der Waals surface area contributed by atoms with Crippen molar-refractivity contribution < 1.29 is 8.78 Å². The molecule has 4 aromatic heterocycles. The summed E-state index contributed by atoms with van der Waals surface area (Å²) in [5.74, 6) is -0.625. The Labute approximate surface area is 456 Å². The molecule has 0 saturated heterocycles. The van der Waals surface area contributed by atoms with Crippen LogP contribution in [0.1, 0.15) is 0 Å². The minimum Gasteiger partial charge on any atom is -0.309 e. The lowest BCUT2D eigenvalue weighted by atomic mass is 10.1. The van der Waals surface area contributed by atoms with Crippen LogP contribution in [0.5, 0.6) is 0 Å². The fourth-order valence-corrected chi connectivity index (χ4v) is 16.1. The molecular weight excluding hydrogens is 991 g/mol. The third-order valence-corrected chi connectivity index (χ3v) is 19.7. The molecule has 0 N–H and O–H groups in total. The molecule has 0 bridgehead atoms. The van der Waals surface area contributed by atoms with Crippen molar-refractivity contribution in [2.24, 2.45) is 0 Å². The molecule has 6 nitrogen and oxygen atoms in total. The first kappa shape index (κ1) is 47.2. The van der Waals surface area contributed by atoms with Crippen molar-refractivity contribution >= 4 is 107 Å². The quantitative estimate of drug-likeness (QED) is 0.114. The molecule has 79 heavy (non-hydrogen) atoms. The molecule has 0 amide bonds. The van der Waals surface area contributed by atoms with Gasteiger partial charge in [-0.25, -0.2) is 8.78 Å². The zero-order valence-electron chi connectivity index (χ0n) is 42.7. The van der Waals surface area contributed by atoms with Gasteiger partial charge in [0.1, 0.15) is 11.6 Å². The van der Waals surface area contributed by atoms with E-state index in [4.69, 9.17) is 9.97 Å². The van der Waals surface area contributed by atoms with E-state index in [1.807, 2.05) is 60.9 Å². The van der Waals surface area contributed by atoms with E-state index in [1.54, 1.807) is 0 Å². The zero-order chi connectivity index (χ0) is 52.9. The molecule has 0 aliphatic carbocycles. The van der Waals surface area contributed by atoms with Crippen molar-refractivity contribution in [2.45, 2.75) is 0 Å². The van der Waals surface area contributed by atoms with Crippen molar-refractivity contribution in [3.63, 3.8) is 0 Å². The molecule has 0 radical (unpaired) electrons. The average Bonchev–Trinajstić information content (AvgIpc) is 4.28. The SMILES string of the molecule is Fc1ccc(N(c2ccc([Si](c3ccccc3)(c3ccccc3)c3ccc(N(c4ccc(F)cc4)c4ccc5c(c4)c4ccccc4n5-c4ccccc4)cn3)nc2)c2ccc3c(c2)c2ccccc2n3-c2ccccc2)cc1. The number of pyridine rings is 2. The Morgan fingerprint density at radius 1 is 0.291 bits per heavy atom. The number of benzene rings is 10. The Morgan fingerprint density at radius 2 is 0.620 bits per heavy atom. The van der Waals surface area contributed by atoms with Crippen molar-refractivity contribution in [3.8, 4) is 11.4 Å². The second-order valence-corrected chi connectivity index (χ2v) is 23.4. The topological polar surface area (TPSA) is 42.1 Å². The minimum absolute atomic E-state index is 0.312. The molecule has 10 aromatic carbocycles. The molecular formula is C70H48F2N6Si. The van der Waals surface area contributed by atoms with Crippen LogP contribution < -0.4 is 30.8 Å². The van der Waals surface area contributed by atoms with Crippen molar-refractivity contribution in [2.75, 3.05) is 9.80 Å². The van der Waals surface area contributed by atoms with E-state index in [-0.39, 0.29) is 11.6 Å². The highest BCUT2D eigenvalue weighted by Gasteiger charge is 2.44. The second kappa shape index (κ2) is 19.7. The highest BCUT2D eigenvalue weighted by molar-refractivity contribution is 7.19. The first-order valence-electron chi connectivity index (χ1n) is 26.3. The van der Waals surface area contributed by atoms with E-state index in [2.05, 4.69) is 225 Å². The van der Waals surface area contributed by atoms with Gasteiger partial charge in [-0.1, -0.05) is 133 Å². The zero-order valence-corrected chi connectivity index (χ0v) is 43.7. The number of fused-ring (bicyclic) bond motifs is 6. The number of hydrogen-bond donors (Lipinski definition) is 0. The summed E-state index contributed by atoms with van der Waals surface area (Å²) in [7, 11) is -3.30. The van der Waals surface area contributed by atoms with Crippen LogP contribution in [-0.2, 0) is 0 Å². The van der Waals surface area contributed by atoms with Gasteiger partial charge in [-0.3, -0.25) is 9.97 Å². The van der Waals surface area contributed by atoms with Crippen LogP contribution in [0.4, 0.5) is 42.9 Å². The van der Waals surface area contributed by atoms with Gasteiger partial charge in [-0.15, -0.1) is 0 Å². The lowest BCUT2D eigenvalue weighted by molar-refractivity contribution is 0.627. The summed E-state index contributed by atoms with van der Waals surface area (Å²) in [6.07, 6.45) is 3.89. The highest BCUT2D eigenvalue weighted by Crippen LogP contribution is 2.42. The summed E-state index contributed by atoms with van der Waals surface area (Å²) < 4.78 is 34.1. The molecule has 376 valence electrons. The molecule has 14 aromatic rings. The van der Waals surface area contributed by atoms with Crippen LogP contribution in [0.2, 0.25) is 0 Å². The second-order valence-electron chi connectivity index (χ2n) is 19.7. The lowest BCUT2D eigenvalue weighted by Crippen LogP contribution is -2.76. The van der Waals surface area contributed by atoms with Crippen LogP contribution in [0.15, 0.2) is 291 Å². The number of nitrogens with zero attached hydrogens (tertiary/aromatic N) is 6. The maximum Gasteiger partial charge on any atom is 0.223 e. The third kappa shape index (κ3) is 8.14. The molecule has 0 aliphatic heterocycles. The molecule has 0 aliphatic rings. The third-order valence-electron chi connectivity index (χ3n) is 15.2. The number of anilines is 6. The van der Waals surface area contributed by atoms with Crippen LogP contribution in [0, 0.1) is 11.6 Å². The normalized spacial score (nSPS) is 11.7. The first-order valence-corrected chi connectivity index (χ1v) is 28.3. The Morgan fingerprint density at radius 3 is 1.00 bits per heavy atom. The minimum atomic E-state index is -3.30. The van der Waals surface area contributed by atoms with Crippen molar-refractivity contribution in [3.05, 3.63) is 303 Å². The predicted octanol–water partition coefficient (Wildman–Crippen LogP) is 15.3. The maximum absolute atomic E-state index is 14.7. The fourth-order valence-electron chi connectivity index (χ4n) is 11.7. The largest absolute Gasteiger partial charge is 0.309 e. The van der Waals surface area contributed by atoms with E-state index < -0.39 is 8.07 Å². The molecule has 0 fully saturated rings. The Kier molecular flexibility index (Phi) is 11.8. The first-order chi connectivity index (χ1) is 39.0. The monoisotopic (exact) mass is 1040 g/mol. The van der Waals surface area contributed by atoms with E-state index in [9.17, 15) is 8.78 Å². The van der Waals surface area contributed by atoms with E-state index in [1.165, 1.54) is 24.3 Å². The molecule has 9 heteroatoms. The van der Waals surface area contributed by atoms with E-state index in [0.29, 0.717) is 0 Å². The molecule has 0 unspecified atom stereocenters. The predicted molar refractivity (Wildman–Crippen MR) is 324 cm³/mol. The van der Waals surface area contributed by atoms with Gasteiger partial charge in [-0.05, 0) is 156 Å². The van der Waals surface area contributed by atoms with E-state index in [0.717, 1.165) is 110 Å². The smallest absolute Gasteiger partial charge is 0.223 e. The standard InChI is InChI=1S/C70H48F2N6Si/c71-49-29-33-53(34-30-49)75(55-37-41-67-63(45-55)61-25-13-15-27-65(61)77(67)51-17-5-1-6-18-51)57-39-43-69(73-47-57)79(59-21-9-3-10-22-59,60-23-11-4-12-24-60)70-44-40-58(48-74-70)76(54-35-31-50(72)32-36-54)56-38-42-68-64(46-56)62-26-14-16-28-66(62)78(68)52-19-7-2-8-20-52/h1-48H. The van der Waals surface area contributed by atoms with Crippen molar-refractivity contribution in [1.29, 1.82) is 0 Å². The summed E-state index contributed by atoms with van der Waals surface area (Å²) in [5.41, 5.74) is 11.6. The summed E-state index contributed by atoms with van der Waals surface area (Å²) >= 11 is 0. The summed E-state index contributed by atoms with van der Waals surface area (Å²) in [6, 6.07) is 94.0. The number of aromatic nitrogens is 4. The molecule has 4 heterocycles. The molecule has 0 atom stereocenters. The summed E-state index contributed by atoms with van der Waals surface area (Å²) in [6.45, 7) is 0. The van der Waals surface area contributed by atoms with Gasteiger partial charge in [0.2, 0.25) is 8.07 Å². The number of rotatable bonds is 12. The number of hydrogen-bond acceptors (Lipinski definition) is 4.